The smallest absolute Gasteiger partial charge is 0.353 e. The SMILES string of the molecule is C=CCOc1ccc(OC(=O)c2ccc(OC)s2)cc1. The highest BCUT2D eigenvalue weighted by atomic mass is 32.1. The van der Waals surface area contributed by atoms with Crippen molar-refractivity contribution in [2.24, 2.45) is 0 Å². The molecule has 104 valence electrons. The van der Waals surface area contributed by atoms with Crippen LogP contribution in [-0.4, -0.2) is 19.7 Å². The molecule has 0 bridgehead atoms. The molecular weight excluding hydrogens is 276 g/mol. The van der Waals surface area contributed by atoms with Crippen LogP contribution >= 0.6 is 11.3 Å². The molecule has 0 saturated carbocycles. The molecule has 0 atom stereocenters. The molecule has 1 heterocycles. The van der Waals surface area contributed by atoms with Crippen LogP contribution in [0.15, 0.2) is 49.1 Å². The summed E-state index contributed by atoms with van der Waals surface area (Å²) in [5.41, 5.74) is 0. The van der Waals surface area contributed by atoms with Crippen LogP contribution in [0.1, 0.15) is 9.67 Å². The van der Waals surface area contributed by atoms with Crippen LogP contribution < -0.4 is 14.2 Å². The average molecular weight is 290 g/mol. The quantitative estimate of drug-likeness (QED) is 0.464. The second-order valence-corrected chi connectivity index (χ2v) is 4.83. The number of thiophene rings is 1. The molecule has 20 heavy (non-hydrogen) atoms. The van der Waals surface area contributed by atoms with Crippen LogP contribution in [0.4, 0.5) is 0 Å². The third-order valence-electron chi connectivity index (χ3n) is 2.39. The highest BCUT2D eigenvalue weighted by molar-refractivity contribution is 7.15. The van der Waals surface area contributed by atoms with E-state index in [2.05, 4.69) is 6.58 Å². The zero-order chi connectivity index (χ0) is 14.4. The summed E-state index contributed by atoms with van der Waals surface area (Å²) in [5.74, 6) is 0.758. The van der Waals surface area contributed by atoms with Crippen molar-refractivity contribution >= 4 is 17.3 Å². The lowest BCUT2D eigenvalue weighted by atomic mass is 10.3. The Balaban J connectivity index is 1.98. The van der Waals surface area contributed by atoms with Crippen molar-refractivity contribution < 1.29 is 19.0 Å². The Hall–Kier alpha value is -2.27. The zero-order valence-electron chi connectivity index (χ0n) is 11.0. The number of hydrogen-bond donors (Lipinski definition) is 0. The largest absolute Gasteiger partial charge is 0.490 e. The van der Waals surface area contributed by atoms with E-state index in [4.69, 9.17) is 14.2 Å². The lowest BCUT2D eigenvalue weighted by Crippen LogP contribution is -2.06. The van der Waals surface area contributed by atoms with Gasteiger partial charge in [0.2, 0.25) is 0 Å². The molecule has 5 heteroatoms. The summed E-state index contributed by atoms with van der Waals surface area (Å²) in [4.78, 5) is 12.4. The van der Waals surface area contributed by atoms with Crippen molar-refractivity contribution in [2.45, 2.75) is 0 Å². The van der Waals surface area contributed by atoms with E-state index in [1.165, 1.54) is 11.3 Å². The van der Waals surface area contributed by atoms with Crippen LogP contribution in [0.2, 0.25) is 0 Å². The van der Waals surface area contributed by atoms with E-state index in [9.17, 15) is 4.79 Å². The molecule has 0 fully saturated rings. The van der Waals surface area contributed by atoms with Crippen LogP contribution in [0.5, 0.6) is 16.6 Å². The highest BCUT2D eigenvalue weighted by Gasteiger charge is 2.12. The molecule has 0 amide bonds. The van der Waals surface area contributed by atoms with Gasteiger partial charge in [-0.3, -0.25) is 0 Å². The van der Waals surface area contributed by atoms with Crippen molar-refractivity contribution in [3.8, 4) is 16.6 Å². The third-order valence-corrected chi connectivity index (χ3v) is 3.41. The van der Waals surface area contributed by atoms with Crippen LogP contribution in [0, 0.1) is 0 Å². The second kappa shape index (κ2) is 6.77. The van der Waals surface area contributed by atoms with Crippen molar-refractivity contribution in [2.75, 3.05) is 13.7 Å². The van der Waals surface area contributed by atoms with E-state index in [0.717, 1.165) is 0 Å². The van der Waals surface area contributed by atoms with Crippen LogP contribution in [0.3, 0.4) is 0 Å². The minimum Gasteiger partial charge on any atom is -0.490 e. The van der Waals surface area contributed by atoms with Crippen molar-refractivity contribution in [3.63, 3.8) is 0 Å². The van der Waals surface area contributed by atoms with Gasteiger partial charge in [0, 0.05) is 0 Å². The molecule has 0 saturated heterocycles. The fraction of sp³-hybridized carbons (Fsp3) is 0.133. The summed E-state index contributed by atoms with van der Waals surface area (Å²) in [6.45, 7) is 4.01. The van der Waals surface area contributed by atoms with Gasteiger partial charge in [0.25, 0.3) is 0 Å². The highest BCUT2D eigenvalue weighted by Crippen LogP contribution is 2.25. The summed E-state index contributed by atoms with van der Waals surface area (Å²) in [5, 5.41) is 0.671. The fourth-order valence-corrected chi connectivity index (χ4v) is 2.15. The average Bonchev–Trinajstić information content (AvgIpc) is 2.95. The van der Waals surface area contributed by atoms with Gasteiger partial charge in [-0.15, -0.1) is 0 Å². The van der Waals surface area contributed by atoms with E-state index in [1.54, 1.807) is 49.6 Å². The van der Waals surface area contributed by atoms with E-state index >= 15 is 0 Å². The molecule has 0 aliphatic carbocycles. The molecule has 2 aromatic rings. The van der Waals surface area contributed by atoms with Gasteiger partial charge in [-0.2, -0.15) is 0 Å². The minimum atomic E-state index is -0.405. The molecule has 0 unspecified atom stereocenters. The number of rotatable bonds is 6. The lowest BCUT2D eigenvalue weighted by molar-refractivity contribution is 0.0739. The van der Waals surface area contributed by atoms with Gasteiger partial charge in [0.05, 0.1) is 7.11 Å². The van der Waals surface area contributed by atoms with Gasteiger partial charge in [-0.05, 0) is 36.4 Å². The number of esters is 1. The summed E-state index contributed by atoms with van der Waals surface area (Å²) >= 11 is 1.24. The minimum absolute atomic E-state index is 0.405. The van der Waals surface area contributed by atoms with Gasteiger partial charge < -0.3 is 14.2 Å². The number of methoxy groups -OCH3 is 1. The summed E-state index contributed by atoms with van der Waals surface area (Å²) < 4.78 is 15.6. The maximum absolute atomic E-state index is 11.9. The van der Waals surface area contributed by atoms with Crippen molar-refractivity contribution in [1.29, 1.82) is 0 Å². The van der Waals surface area contributed by atoms with E-state index in [0.29, 0.717) is 28.0 Å². The first-order valence-electron chi connectivity index (χ1n) is 5.92. The molecule has 1 aromatic carbocycles. The maximum atomic E-state index is 11.9. The lowest BCUT2D eigenvalue weighted by Gasteiger charge is -2.05. The van der Waals surface area contributed by atoms with Crippen LogP contribution in [-0.2, 0) is 0 Å². The topological polar surface area (TPSA) is 44.8 Å². The Bertz CT molecular complexity index is 586. The predicted molar refractivity (Wildman–Crippen MR) is 78.0 cm³/mol. The number of hydrogen-bond acceptors (Lipinski definition) is 5. The first-order valence-corrected chi connectivity index (χ1v) is 6.74. The Kier molecular flexibility index (Phi) is 4.79. The Morgan fingerprint density at radius 2 is 1.90 bits per heavy atom. The van der Waals surface area contributed by atoms with Gasteiger partial charge in [0.1, 0.15) is 23.0 Å². The molecule has 0 radical (unpaired) electrons. The zero-order valence-corrected chi connectivity index (χ0v) is 11.8. The van der Waals surface area contributed by atoms with Gasteiger partial charge in [0.15, 0.2) is 5.06 Å². The standard InChI is InChI=1S/C15H14O4S/c1-3-10-18-11-4-6-12(7-5-11)19-15(16)13-8-9-14(17-2)20-13/h3-9H,1,10H2,2H3. The molecule has 0 N–H and O–H groups in total. The normalized spacial score (nSPS) is 9.85. The second-order valence-electron chi connectivity index (χ2n) is 3.78. The van der Waals surface area contributed by atoms with Crippen molar-refractivity contribution in [1.82, 2.24) is 0 Å². The number of ether oxygens (including phenoxy) is 3. The monoisotopic (exact) mass is 290 g/mol. The van der Waals surface area contributed by atoms with Crippen LogP contribution in [0.25, 0.3) is 0 Å². The first-order chi connectivity index (χ1) is 9.72. The van der Waals surface area contributed by atoms with Gasteiger partial charge >= 0.3 is 5.97 Å². The van der Waals surface area contributed by atoms with Gasteiger partial charge in [-0.25, -0.2) is 4.79 Å². The van der Waals surface area contributed by atoms with Gasteiger partial charge in [-0.1, -0.05) is 24.0 Å². The third kappa shape index (κ3) is 3.61. The molecule has 0 spiro atoms. The number of carbonyl (C=O) groups excluding carboxylic acids is 1. The predicted octanol–water partition coefficient (Wildman–Crippen LogP) is 3.54. The fourth-order valence-electron chi connectivity index (χ4n) is 1.46. The Morgan fingerprint density at radius 1 is 1.20 bits per heavy atom. The summed E-state index contributed by atoms with van der Waals surface area (Å²) in [6.07, 6.45) is 1.66. The summed E-state index contributed by atoms with van der Waals surface area (Å²) in [6, 6.07) is 10.2. The van der Waals surface area contributed by atoms with E-state index < -0.39 is 5.97 Å². The Morgan fingerprint density at radius 3 is 2.50 bits per heavy atom. The molecule has 0 aliphatic rings. The number of benzene rings is 1. The molecular formula is C15H14O4S. The number of carbonyl (C=O) groups is 1. The van der Waals surface area contributed by atoms with Crippen molar-refractivity contribution in [3.05, 3.63) is 53.9 Å². The maximum Gasteiger partial charge on any atom is 0.353 e. The molecule has 4 nitrogen and oxygen atoms in total. The first kappa shape index (κ1) is 14.1. The Labute approximate surface area is 121 Å². The molecule has 1 aromatic heterocycles. The van der Waals surface area contributed by atoms with E-state index in [1.807, 2.05) is 0 Å². The van der Waals surface area contributed by atoms with E-state index in [-0.39, 0.29) is 0 Å². The molecule has 0 aliphatic heterocycles. The summed E-state index contributed by atoms with van der Waals surface area (Å²) in [7, 11) is 1.56. The molecule has 2 rings (SSSR count).